The highest BCUT2D eigenvalue weighted by atomic mass is 79.9. The fourth-order valence-electron chi connectivity index (χ4n) is 2.50. The van der Waals surface area contributed by atoms with Gasteiger partial charge in [0.05, 0.1) is 18.8 Å². The van der Waals surface area contributed by atoms with E-state index in [0.717, 1.165) is 34.7 Å². The summed E-state index contributed by atoms with van der Waals surface area (Å²) >= 11 is 3.52. The average Bonchev–Trinajstić information content (AvgIpc) is 2.99. The minimum absolute atomic E-state index is 0.550. The maximum Gasteiger partial charge on any atom is 0.135 e. The van der Waals surface area contributed by atoms with Crippen LogP contribution in [0.2, 0.25) is 0 Å². The van der Waals surface area contributed by atoms with Crippen molar-refractivity contribution >= 4 is 21.4 Å². The van der Waals surface area contributed by atoms with Crippen molar-refractivity contribution in [3.05, 3.63) is 28.8 Å². The number of nitrogens with zero attached hydrogens (tertiary/aromatic N) is 2. The molecular weight excluding hydrogens is 294 g/mol. The molecule has 0 radical (unpaired) electrons. The number of aromatic nitrogens is 2. The van der Waals surface area contributed by atoms with E-state index in [1.807, 2.05) is 18.3 Å². The standard InChI is InChI=1S/C13H16BrN3O/c1-18-10-4-5-11-13(14)16-12(17(11)8-10)7-9-3-2-6-15-9/h4-5,8-9,15H,2-3,6-7H2,1H3. The molecule has 1 N–H and O–H groups in total. The fraction of sp³-hybridized carbons (Fsp3) is 0.462. The summed E-state index contributed by atoms with van der Waals surface area (Å²) in [5, 5.41) is 3.51. The van der Waals surface area contributed by atoms with Crippen LogP contribution in [0.1, 0.15) is 18.7 Å². The molecule has 1 atom stereocenters. The van der Waals surface area contributed by atoms with Gasteiger partial charge in [0, 0.05) is 12.5 Å². The number of hydrogen-bond acceptors (Lipinski definition) is 3. The third-order valence-electron chi connectivity index (χ3n) is 3.47. The number of methoxy groups -OCH3 is 1. The second kappa shape index (κ2) is 4.90. The Morgan fingerprint density at radius 3 is 3.17 bits per heavy atom. The van der Waals surface area contributed by atoms with Crippen LogP contribution < -0.4 is 10.1 Å². The van der Waals surface area contributed by atoms with E-state index in [-0.39, 0.29) is 0 Å². The number of nitrogens with one attached hydrogen (secondary N) is 1. The molecule has 0 amide bonds. The molecule has 3 heterocycles. The highest BCUT2D eigenvalue weighted by Crippen LogP contribution is 2.23. The molecule has 18 heavy (non-hydrogen) atoms. The maximum atomic E-state index is 5.28. The Balaban J connectivity index is 1.99. The fourth-order valence-corrected chi connectivity index (χ4v) is 3.03. The van der Waals surface area contributed by atoms with Crippen molar-refractivity contribution in [3.63, 3.8) is 0 Å². The largest absolute Gasteiger partial charge is 0.495 e. The molecule has 4 nitrogen and oxygen atoms in total. The van der Waals surface area contributed by atoms with Crippen LogP contribution in [-0.4, -0.2) is 29.1 Å². The molecule has 1 aliphatic heterocycles. The van der Waals surface area contributed by atoms with E-state index in [0.29, 0.717) is 6.04 Å². The predicted molar refractivity (Wildman–Crippen MR) is 74.2 cm³/mol. The Morgan fingerprint density at radius 1 is 1.56 bits per heavy atom. The van der Waals surface area contributed by atoms with Crippen molar-refractivity contribution in [2.24, 2.45) is 0 Å². The van der Waals surface area contributed by atoms with Gasteiger partial charge in [0.15, 0.2) is 0 Å². The number of halogens is 1. The van der Waals surface area contributed by atoms with Crippen LogP contribution in [0.15, 0.2) is 22.9 Å². The third-order valence-corrected chi connectivity index (χ3v) is 4.05. The van der Waals surface area contributed by atoms with Crippen LogP contribution in [-0.2, 0) is 6.42 Å². The minimum atomic E-state index is 0.550. The highest BCUT2D eigenvalue weighted by Gasteiger charge is 2.18. The molecule has 0 saturated carbocycles. The van der Waals surface area contributed by atoms with E-state index in [9.17, 15) is 0 Å². The summed E-state index contributed by atoms with van der Waals surface area (Å²) in [7, 11) is 1.69. The summed E-state index contributed by atoms with van der Waals surface area (Å²) < 4.78 is 8.29. The molecule has 0 bridgehead atoms. The van der Waals surface area contributed by atoms with E-state index >= 15 is 0 Å². The normalized spacial score (nSPS) is 19.6. The van der Waals surface area contributed by atoms with E-state index in [1.165, 1.54) is 12.8 Å². The third kappa shape index (κ3) is 2.12. The summed E-state index contributed by atoms with van der Waals surface area (Å²) in [6.07, 6.45) is 5.45. The van der Waals surface area contributed by atoms with Gasteiger partial charge in [-0.05, 0) is 47.4 Å². The summed E-state index contributed by atoms with van der Waals surface area (Å²) in [5.41, 5.74) is 1.09. The summed E-state index contributed by atoms with van der Waals surface area (Å²) in [6.45, 7) is 1.12. The van der Waals surface area contributed by atoms with Gasteiger partial charge in [-0.2, -0.15) is 0 Å². The van der Waals surface area contributed by atoms with E-state index in [4.69, 9.17) is 4.74 Å². The Hall–Kier alpha value is -1.07. The lowest BCUT2D eigenvalue weighted by Gasteiger charge is -2.09. The lowest BCUT2D eigenvalue weighted by atomic mass is 10.1. The van der Waals surface area contributed by atoms with Crippen molar-refractivity contribution in [1.82, 2.24) is 14.7 Å². The zero-order valence-corrected chi connectivity index (χ0v) is 11.9. The van der Waals surface area contributed by atoms with Gasteiger partial charge in [0.25, 0.3) is 0 Å². The Morgan fingerprint density at radius 2 is 2.44 bits per heavy atom. The quantitative estimate of drug-likeness (QED) is 0.946. The van der Waals surface area contributed by atoms with Crippen molar-refractivity contribution in [2.75, 3.05) is 13.7 Å². The van der Waals surface area contributed by atoms with Gasteiger partial charge in [-0.3, -0.25) is 4.40 Å². The predicted octanol–water partition coefficient (Wildman–Crippen LogP) is 2.40. The molecule has 0 aromatic carbocycles. The smallest absolute Gasteiger partial charge is 0.135 e. The Bertz CT molecular complexity index is 561. The van der Waals surface area contributed by atoms with E-state index < -0.39 is 0 Å². The zero-order chi connectivity index (χ0) is 12.5. The average molecular weight is 310 g/mol. The molecule has 1 unspecified atom stereocenters. The SMILES string of the molecule is COc1ccc2c(Br)nc(CC3CCCN3)n2c1. The lowest BCUT2D eigenvalue weighted by Crippen LogP contribution is -2.24. The number of ether oxygens (including phenoxy) is 1. The van der Waals surface area contributed by atoms with Gasteiger partial charge in [0.2, 0.25) is 0 Å². The molecule has 2 aromatic rings. The molecule has 5 heteroatoms. The topological polar surface area (TPSA) is 38.6 Å². The number of fused-ring (bicyclic) bond motifs is 1. The van der Waals surface area contributed by atoms with Gasteiger partial charge < -0.3 is 10.1 Å². The van der Waals surface area contributed by atoms with Crippen molar-refractivity contribution < 1.29 is 4.74 Å². The van der Waals surface area contributed by atoms with Crippen LogP contribution >= 0.6 is 15.9 Å². The molecule has 96 valence electrons. The first-order valence-electron chi connectivity index (χ1n) is 6.22. The molecule has 1 fully saturated rings. The summed E-state index contributed by atoms with van der Waals surface area (Å²) in [5.74, 6) is 1.93. The van der Waals surface area contributed by atoms with Crippen molar-refractivity contribution in [2.45, 2.75) is 25.3 Å². The van der Waals surface area contributed by atoms with Crippen molar-refractivity contribution in [1.29, 1.82) is 0 Å². The first-order valence-corrected chi connectivity index (χ1v) is 7.01. The zero-order valence-electron chi connectivity index (χ0n) is 10.3. The second-order valence-electron chi connectivity index (χ2n) is 4.64. The van der Waals surface area contributed by atoms with Crippen LogP contribution in [0.3, 0.4) is 0 Å². The second-order valence-corrected chi connectivity index (χ2v) is 5.39. The van der Waals surface area contributed by atoms with Crippen LogP contribution in [0.5, 0.6) is 5.75 Å². The van der Waals surface area contributed by atoms with Gasteiger partial charge in [-0.1, -0.05) is 0 Å². The minimum Gasteiger partial charge on any atom is -0.495 e. The maximum absolute atomic E-state index is 5.28. The molecule has 2 aromatic heterocycles. The number of pyridine rings is 1. The Kier molecular flexibility index (Phi) is 3.26. The summed E-state index contributed by atoms with van der Waals surface area (Å²) in [4.78, 5) is 4.61. The monoisotopic (exact) mass is 309 g/mol. The summed E-state index contributed by atoms with van der Waals surface area (Å²) in [6, 6.07) is 4.54. The van der Waals surface area contributed by atoms with Gasteiger partial charge in [-0.15, -0.1) is 0 Å². The molecule has 1 aliphatic rings. The first kappa shape index (κ1) is 12.0. The van der Waals surface area contributed by atoms with Crippen LogP contribution in [0.4, 0.5) is 0 Å². The number of rotatable bonds is 3. The molecule has 3 rings (SSSR count). The van der Waals surface area contributed by atoms with Gasteiger partial charge in [0.1, 0.15) is 16.2 Å². The molecule has 0 spiro atoms. The Labute approximate surface area is 114 Å². The molecule has 0 aliphatic carbocycles. The van der Waals surface area contributed by atoms with Crippen LogP contribution in [0.25, 0.3) is 5.52 Å². The molecular formula is C13H16BrN3O. The number of hydrogen-bond donors (Lipinski definition) is 1. The van der Waals surface area contributed by atoms with Gasteiger partial charge in [-0.25, -0.2) is 4.98 Å². The van der Waals surface area contributed by atoms with Gasteiger partial charge >= 0.3 is 0 Å². The number of imidazole rings is 1. The van der Waals surface area contributed by atoms with Crippen LogP contribution in [0, 0.1) is 0 Å². The molecule has 1 saturated heterocycles. The van der Waals surface area contributed by atoms with E-state index in [1.54, 1.807) is 7.11 Å². The highest BCUT2D eigenvalue weighted by molar-refractivity contribution is 9.10. The van der Waals surface area contributed by atoms with Crippen molar-refractivity contribution in [3.8, 4) is 5.75 Å². The lowest BCUT2D eigenvalue weighted by molar-refractivity contribution is 0.412. The van der Waals surface area contributed by atoms with E-state index in [2.05, 4.69) is 30.6 Å². The first-order chi connectivity index (χ1) is 8.78.